The minimum absolute atomic E-state index is 0.126. The molecule has 0 saturated heterocycles. The third-order valence-corrected chi connectivity index (χ3v) is 10.3. The van der Waals surface area contributed by atoms with E-state index in [1.54, 1.807) is 50.2 Å². The number of aromatic nitrogens is 1. The average molecular weight is 657 g/mol. The fraction of sp³-hybridized carbons (Fsp3) is 0.310. The summed E-state index contributed by atoms with van der Waals surface area (Å²) in [6, 6.07) is 13.7. The Morgan fingerprint density at radius 1 is 0.930 bits per heavy atom. The van der Waals surface area contributed by atoms with Gasteiger partial charge in [-0.1, -0.05) is 31.5 Å². The number of nitrogens with one attached hydrogen (secondary N) is 1. The van der Waals surface area contributed by atoms with Crippen molar-refractivity contribution in [2.24, 2.45) is 0 Å². The van der Waals surface area contributed by atoms with E-state index in [0.29, 0.717) is 27.1 Å². The Kier molecular flexibility index (Phi) is 8.77. The predicted molar refractivity (Wildman–Crippen MR) is 160 cm³/mol. The standard InChI is InChI=1S/C29H28ClF3N2O6S2/c1-27(2,18-11-20(39-5)15-21(12-18)41-29(31,32)33)24-13-19(30)14-25(34-24)35-26(36)23-10-16-9-17(7-8-22(16)42-23)28(3,4)43(37,38)40-6/h7-15H,1-6H3,(H,34,35,36). The predicted octanol–water partition coefficient (Wildman–Crippen LogP) is 7.65. The maximum Gasteiger partial charge on any atom is 0.573 e. The quantitative estimate of drug-likeness (QED) is 0.185. The zero-order valence-electron chi connectivity index (χ0n) is 23.9. The van der Waals surface area contributed by atoms with Crippen molar-refractivity contribution in [3.05, 3.63) is 81.3 Å². The van der Waals surface area contributed by atoms with Gasteiger partial charge in [0.2, 0.25) is 0 Å². The summed E-state index contributed by atoms with van der Waals surface area (Å²) >= 11 is 7.58. The van der Waals surface area contributed by atoms with Crippen molar-refractivity contribution < 1.29 is 40.0 Å². The number of anilines is 1. The van der Waals surface area contributed by atoms with Gasteiger partial charge < -0.3 is 14.8 Å². The van der Waals surface area contributed by atoms with E-state index in [0.717, 1.165) is 17.9 Å². The first-order valence-corrected chi connectivity index (χ1v) is 15.3. The Hall–Kier alpha value is -3.39. The Balaban J connectivity index is 1.64. The van der Waals surface area contributed by atoms with Crippen molar-refractivity contribution in [2.75, 3.05) is 19.5 Å². The molecule has 0 aliphatic heterocycles. The van der Waals surface area contributed by atoms with Crippen LogP contribution in [0.5, 0.6) is 11.5 Å². The van der Waals surface area contributed by atoms with E-state index in [4.69, 9.17) is 20.5 Å². The first-order chi connectivity index (χ1) is 19.9. The van der Waals surface area contributed by atoms with Crippen molar-refractivity contribution in [3.63, 3.8) is 0 Å². The van der Waals surface area contributed by atoms with E-state index in [9.17, 15) is 26.4 Å². The lowest BCUT2D eigenvalue weighted by molar-refractivity contribution is -0.274. The fourth-order valence-electron chi connectivity index (χ4n) is 4.33. The van der Waals surface area contributed by atoms with Gasteiger partial charge in [0, 0.05) is 21.2 Å². The minimum atomic E-state index is -4.90. The highest BCUT2D eigenvalue weighted by atomic mass is 35.5. The van der Waals surface area contributed by atoms with Crippen LogP contribution in [0.25, 0.3) is 10.1 Å². The van der Waals surface area contributed by atoms with E-state index in [-0.39, 0.29) is 16.6 Å². The Morgan fingerprint density at radius 3 is 2.23 bits per heavy atom. The zero-order valence-corrected chi connectivity index (χ0v) is 26.3. The number of alkyl halides is 3. The minimum Gasteiger partial charge on any atom is -0.497 e. The number of fused-ring (bicyclic) bond motifs is 1. The van der Waals surface area contributed by atoms with Gasteiger partial charge in [-0.3, -0.25) is 8.98 Å². The third kappa shape index (κ3) is 6.90. The van der Waals surface area contributed by atoms with Crippen LogP contribution in [0.1, 0.15) is 54.2 Å². The van der Waals surface area contributed by atoms with E-state index in [2.05, 4.69) is 15.0 Å². The van der Waals surface area contributed by atoms with Crippen LogP contribution >= 0.6 is 22.9 Å². The summed E-state index contributed by atoms with van der Waals surface area (Å²) in [5.74, 6) is -0.661. The molecule has 0 aliphatic carbocycles. The third-order valence-electron chi connectivity index (χ3n) is 7.02. The van der Waals surface area contributed by atoms with Crippen LogP contribution < -0.4 is 14.8 Å². The first-order valence-electron chi connectivity index (χ1n) is 12.7. The molecule has 0 bridgehead atoms. The summed E-state index contributed by atoms with van der Waals surface area (Å²) in [5, 5.41) is 3.64. The largest absolute Gasteiger partial charge is 0.573 e. The molecule has 0 saturated carbocycles. The van der Waals surface area contributed by atoms with Crippen LogP contribution in [0, 0.1) is 0 Å². The lowest BCUT2D eigenvalue weighted by atomic mass is 9.81. The van der Waals surface area contributed by atoms with Gasteiger partial charge in [-0.15, -0.1) is 24.5 Å². The number of rotatable bonds is 9. The Morgan fingerprint density at radius 2 is 1.60 bits per heavy atom. The van der Waals surface area contributed by atoms with Crippen LogP contribution in [0.2, 0.25) is 5.02 Å². The van der Waals surface area contributed by atoms with Crippen molar-refractivity contribution in [1.29, 1.82) is 0 Å². The SMILES string of the molecule is COc1cc(OC(F)(F)F)cc(C(C)(C)c2cc(Cl)cc(NC(=O)c3cc4cc(C(C)(C)S(=O)(=O)OC)ccc4s3)n2)c1. The van der Waals surface area contributed by atoms with Crippen LogP contribution in [-0.2, 0) is 24.5 Å². The van der Waals surface area contributed by atoms with Gasteiger partial charge in [0.15, 0.2) is 0 Å². The maximum absolute atomic E-state index is 13.2. The van der Waals surface area contributed by atoms with Gasteiger partial charge in [0.05, 0.1) is 24.8 Å². The van der Waals surface area contributed by atoms with Gasteiger partial charge in [0.1, 0.15) is 22.1 Å². The summed E-state index contributed by atoms with van der Waals surface area (Å²) in [7, 11) is -1.45. The summed E-state index contributed by atoms with van der Waals surface area (Å²) < 4.78 is 77.1. The van der Waals surface area contributed by atoms with E-state index in [1.165, 1.54) is 44.4 Å². The molecule has 4 rings (SSSR count). The van der Waals surface area contributed by atoms with Gasteiger partial charge in [-0.05, 0) is 72.8 Å². The van der Waals surface area contributed by atoms with Gasteiger partial charge in [-0.2, -0.15) is 8.42 Å². The average Bonchev–Trinajstić information content (AvgIpc) is 3.35. The highest BCUT2D eigenvalue weighted by molar-refractivity contribution is 7.87. The lowest BCUT2D eigenvalue weighted by Gasteiger charge is -2.27. The maximum atomic E-state index is 13.2. The molecule has 1 amide bonds. The number of hydrogen-bond donors (Lipinski definition) is 1. The topological polar surface area (TPSA) is 104 Å². The van der Waals surface area contributed by atoms with Crippen molar-refractivity contribution in [2.45, 2.75) is 44.2 Å². The number of pyridine rings is 1. The molecule has 0 atom stereocenters. The number of thiophene rings is 1. The molecule has 230 valence electrons. The number of halogens is 4. The van der Waals surface area contributed by atoms with E-state index < -0.39 is 38.3 Å². The molecule has 0 aliphatic rings. The highest BCUT2D eigenvalue weighted by Crippen LogP contribution is 2.39. The molecular weight excluding hydrogens is 629 g/mol. The second kappa shape index (κ2) is 11.6. The molecule has 1 N–H and O–H groups in total. The number of benzene rings is 2. The number of ether oxygens (including phenoxy) is 2. The van der Waals surface area contributed by atoms with Gasteiger partial charge >= 0.3 is 6.36 Å². The Bertz CT molecular complexity index is 1800. The van der Waals surface area contributed by atoms with Crippen LogP contribution in [0.15, 0.2) is 54.6 Å². The summed E-state index contributed by atoms with van der Waals surface area (Å²) in [5.41, 5.74) is 0.267. The summed E-state index contributed by atoms with van der Waals surface area (Å²) in [6.45, 7) is 6.54. The normalized spacial score (nSPS) is 12.8. The second-order valence-corrected chi connectivity index (χ2v) is 14.4. The van der Waals surface area contributed by atoms with E-state index in [1.807, 2.05) is 0 Å². The number of methoxy groups -OCH3 is 1. The number of nitrogens with zero attached hydrogens (tertiary/aromatic N) is 1. The summed E-state index contributed by atoms with van der Waals surface area (Å²) in [6.07, 6.45) is -4.90. The molecule has 2 aromatic heterocycles. The lowest BCUT2D eigenvalue weighted by Crippen LogP contribution is -2.30. The second-order valence-electron chi connectivity index (χ2n) is 10.6. The molecule has 0 unspecified atom stereocenters. The molecule has 43 heavy (non-hydrogen) atoms. The van der Waals surface area contributed by atoms with Crippen molar-refractivity contribution in [3.8, 4) is 11.5 Å². The molecule has 8 nitrogen and oxygen atoms in total. The number of hydrogen-bond acceptors (Lipinski definition) is 8. The molecule has 0 spiro atoms. The van der Waals surface area contributed by atoms with Crippen LogP contribution in [0.4, 0.5) is 19.0 Å². The molecule has 0 radical (unpaired) electrons. The molecular formula is C29H28ClF3N2O6S2. The zero-order chi connectivity index (χ0) is 32.0. The number of carbonyl (C=O) groups excluding carboxylic acids is 1. The highest BCUT2D eigenvalue weighted by Gasteiger charge is 2.37. The van der Waals surface area contributed by atoms with Crippen LogP contribution in [0.3, 0.4) is 0 Å². The Labute approximate surface area is 255 Å². The number of amides is 1. The van der Waals surface area contributed by atoms with E-state index >= 15 is 0 Å². The molecule has 2 aromatic carbocycles. The molecule has 0 fully saturated rings. The van der Waals surface area contributed by atoms with Crippen molar-refractivity contribution >= 4 is 54.9 Å². The van der Waals surface area contributed by atoms with Gasteiger partial charge in [-0.25, -0.2) is 4.98 Å². The summed E-state index contributed by atoms with van der Waals surface area (Å²) in [4.78, 5) is 18.1. The monoisotopic (exact) mass is 656 g/mol. The smallest absolute Gasteiger partial charge is 0.497 e. The molecule has 2 heterocycles. The fourth-order valence-corrected chi connectivity index (χ4v) is 6.31. The van der Waals surface area contributed by atoms with Crippen molar-refractivity contribution in [1.82, 2.24) is 4.98 Å². The molecule has 4 aromatic rings. The number of carbonyl (C=O) groups is 1. The first kappa shape index (κ1) is 32.5. The van der Waals surface area contributed by atoms with Crippen LogP contribution in [-0.4, -0.2) is 39.9 Å². The molecule has 14 heteroatoms. The van der Waals surface area contributed by atoms with Gasteiger partial charge in [0.25, 0.3) is 16.0 Å².